The lowest BCUT2D eigenvalue weighted by molar-refractivity contribution is 0.411. The van der Waals surface area contributed by atoms with Crippen LogP contribution in [0.25, 0.3) is 10.9 Å². The highest BCUT2D eigenvalue weighted by molar-refractivity contribution is 5.82. The smallest absolute Gasteiger partial charge is 0.325 e. The van der Waals surface area contributed by atoms with Gasteiger partial charge in [0.15, 0.2) is 0 Å². The molecule has 0 aliphatic rings. The van der Waals surface area contributed by atoms with Crippen LogP contribution in [0.3, 0.4) is 0 Å². The summed E-state index contributed by atoms with van der Waals surface area (Å²) in [5.41, 5.74) is 1.94. The number of ether oxygens (including phenoxy) is 2. The molecule has 0 bridgehead atoms. The second kappa shape index (κ2) is 7.59. The first kappa shape index (κ1) is 18.4. The van der Waals surface area contributed by atoms with Crippen molar-refractivity contribution in [1.82, 2.24) is 15.0 Å². The molecule has 2 heterocycles. The van der Waals surface area contributed by atoms with Gasteiger partial charge in [-0.2, -0.15) is 9.97 Å². The summed E-state index contributed by atoms with van der Waals surface area (Å²) in [5.74, 6) is 0.369. The molecule has 4 rings (SSSR count). The maximum Gasteiger partial charge on any atom is 0.325 e. The van der Waals surface area contributed by atoms with Gasteiger partial charge in [0.25, 0.3) is 0 Å². The molecule has 0 saturated heterocycles. The second-order valence-electron chi connectivity index (χ2n) is 6.23. The largest absolute Gasteiger partial charge is 0.497 e. The zero-order valence-electron chi connectivity index (χ0n) is 15.7. The van der Waals surface area contributed by atoms with Crippen LogP contribution in [0, 0.1) is 5.82 Å². The Balaban J connectivity index is 1.56. The van der Waals surface area contributed by atoms with Crippen LogP contribution in [0.15, 0.2) is 60.9 Å². The van der Waals surface area contributed by atoms with Crippen molar-refractivity contribution in [2.75, 3.05) is 19.1 Å². The maximum absolute atomic E-state index is 13.8. The molecule has 146 valence electrons. The van der Waals surface area contributed by atoms with E-state index in [0.29, 0.717) is 28.1 Å². The number of fused-ring (bicyclic) bond motifs is 1. The van der Waals surface area contributed by atoms with Gasteiger partial charge < -0.3 is 19.5 Å². The predicted molar refractivity (Wildman–Crippen MR) is 107 cm³/mol. The maximum atomic E-state index is 13.8. The third-order valence-corrected chi connectivity index (χ3v) is 4.37. The molecule has 1 N–H and O–H groups in total. The number of benzene rings is 2. The van der Waals surface area contributed by atoms with E-state index in [4.69, 9.17) is 9.47 Å². The Morgan fingerprint density at radius 3 is 2.52 bits per heavy atom. The molecule has 2 aromatic heterocycles. The van der Waals surface area contributed by atoms with E-state index >= 15 is 0 Å². The van der Waals surface area contributed by atoms with Crippen LogP contribution >= 0.6 is 0 Å². The van der Waals surface area contributed by atoms with Crippen molar-refractivity contribution < 1.29 is 19.0 Å². The first-order valence-electron chi connectivity index (χ1n) is 8.70. The highest BCUT2D eigenvalue weighted by atomic mass is 19.1. The van der Waals surface area contributed by atoms with E-state index in [0.717, 1.165) is 5.69 Å². The zero-order valence-corrected chi connectivity index (χ0v) is 15.7. The molecule has 7 nitrogen and oxygen atoms in total. The Morgan fingerprint density at radius 2 is 1.76 bits per heavy atom. The minimum atomic E-state index is -0.381. The third kappa shape index (κ3) is 3.86. The first-order valence-corrected chi connectivity index (χ1v) is 8.70. The SMILES string of the molecule is COc1cc(F)cc(N(C)c2ccc(Oc3nc(O)c4ccncc4n3)cc2)c1. The normalized spacial score (nSPS) is 10.7. The molecule has 0 aliphatic carbocycles. The predicted octanol–water partition coefficient (Wildman–Crippen LogP) is 4.44. The van der Waals surface area contributed by atoms with Gasteiger partial charge in [-0.05, 0) is 36.4 Å². The molecule has 2 aromatic carbocycles. The van der Waals surface area contributed by atoms with E-state index in [2.05, 4.69) is 15.0 Å². The van der Waals surface area contributed by atoms with Gasteiger partial charge in [0, 0.05) is 36.8 Å². The average molecular weight is 392 g/mol. The molecule has 0 amide bonds. The van der Waals surface area contributed by atoms with E-state index in [1.54, 1.807) is 30.5 Å². The van der Waals surface area contributed by atoms with E-state index in [-0.39, 0.29) is 17.7 Å². The van der Waals surface area contributed by atoms with Gasteiger partial charge >= 0.3 is 6.01 Å². The van der Waals surface area contributed by atoms with Gasteiger partial charge in [-0.1, -0.05) is 0 Å². The molecule has 0 atom stereocenters. The van der Waals surface area contributed by atoms with Gasteiger partial charge in [0.05, 0.1) is 24.2 Å². The Labute approximate surface area is 166 Å². The van der Waals surface area contributed by atoms with Crippen molar-refractivity contribution >= 4 is 22.3 Å². The molecule has 0 unspecified atom stereocenters. The second-order valence-corrected chi connectivity index (χ2v) is 6.23. The van der Waals surface area contributed by atoms with Crippen molar-refractivity contribution in [3.05, 3.63) is 66.7 Å². The van der Waals surface area contributed by atoms with Crippen LogP contribution in [0.2, 0.25) is 0 Å². The Kier molecular flexibility index (Phi) is 4.82. The van der Waals surface area contributed by atoms with Gasteiger partial charge in [-0.15, -0.1) is 0 Å². The van der Waals surface area contributed by atoms with Crippen LogP contribution in [0.4, 0.5) is 15.8 Å². The summed E-state index contributed by atoms with van der Waals surface area (Å²) in [4.78, 5) is 14.0. The highest BCUT2D eigenvalue weighted by Crippen LogP contribution is 2.31. The fraction of sp³-hybridized carbons (Fsp3) is 0.0952. The van der Waals surface area contributed by atoms with Gasteiger partial charge in [-0.25, -0.2) is 4.39 Å². The minimum absolute atomic E-state index is 0.0129. The number of hydrogen-bond donors (Lipinski definition) is 1. The van der Waals surface area contributed by atoms with Crippen molar-refractivity contribution in [3.8, 4) is 23.4 Å². The summed E-state index contributed by atoms with van der Waals surface area (Å²) < 4.78 is 24.6. The molecule has 0 fully saturated rings. The fourth-order valence-electron chi connectivity index (χ4n) is 2.84. The summed E-state index contributed by atoms with van der Waals surface area (Å²) in [5, 5.41) is 10.5. The topological polar surface area (TPSA) is 80.6 Å². The molecular formula is C21H17FN4O3. The number of methoxy groups -OCH3 is 1. The molecule has 29 heavy (non-hydrogen) atoms. The molecular weight excluding hydrogens is 375 g/mol. The number of halogens is 1. The summed E-state index contributed by atoms with van der Waals surface area (Å²) in [7, 11) is 3.31. The third-order valence-electron chi connectivity index (χ3n) is 4.37. The Morgan fingerprint density at radius 1 is 0.966 bits per heavy atom. The van der Waals surface area contributed by atoms with Gasteiger partial charge in [0.1, 0.15) is 17.3 Å². The highest BCUT2D eigenvalue weighted by Gasteiger charge is 2.11. The van der Waals surface area contributed by atoms with Crippen LogP contribution in [0.1, 0.15) is 0 Å². The lowest BCUT2D eigenvalue weighted by atomic mass is 10.2. The van der Waals surface area contributed by atoms with E-state index < -0.39 is 0 Å². The summed E-state index contributed by atoms with van der Waals surface area (Å²) in [6, 6.07) is 13.2. The minimum Gasteiger partial charge on any atom is -0.497 e. The Bertz CT molecular complexity index is 1170. The standard InChI is InChI=1S/C21H17FN4O3/c1-26(15-9-13(22)10-17(11-15)28-2)14-3-5-16(6-4-14)29-21-24-19-12-23-8-7-18(19)20(27)25-21/h3-12H,1-2H3,(H,24,25,27). The van der Waals surface area contributed by atoms with E-state index in [1.807, 2.05) is 24.1 Å². The molecule has 0 saturated carbocycles. The lowest BCUT2D eigenvalue weighted by Gasteiger charge is -2.20. The quantitative estimate of drug-likeness (QED) is 0.538. The number of aromatic nitrogens is 3. The van der Waals surface area contributed by atoms with Crippen molar-refractivity contribution in [2.45, 2.75) is 0 Å². The lowest BCUT2D eigenvalue weighted by Crippen LogP contribution is -2.09. The van der Waals surface area contributed by atoms with Crippen LogP contribution in [0.5, 0.6) is 23.4 Å². The molecule has 0 spiro atoms. The summed E-state index contributed by atoms with van der Waals surface area (Å²) in [6.07, 6.45) is 3.07. The molecule has 0 aliphatic heterocycles. The number of rotatable bonds is 5. The van der Waals surface area contributed by atoms with Crippen LogP contribution < -0.4 is 14.4 Å². The molecule has 8 heteroatoms. The average Bonchev–Trinajstić information content (AvgIpc) is 2.73. The molecule has 0 radical (unpaired) electrons. The van der Waals surface area contributed by atoms with Crippen molar-refractivity contribution in [3.63, 3.8) is 0 Å². The summed E-state index contributed by atoms with van der Waals surface area (Å²) >= 11 is 0. The number of pyridine rings is 1. The van der Waals surface area contributed by atoms with E-state index in [9.17, 15) is 9.50 Å². The number of aromatic hydroxyl groups is 1. The fourth-order valence-corrected chi connectivity index (χ4v) is 2.84. The van der Waals surface area contributed by atoms with Crippen LogP contribution in [-0.4, -0.2) is 34.2 Å². The van der Waals surface area contributed by atoms with Gasteiger partial charge in [0.2, 0.25) is 5.88 Å². The molecule has 4 aromatic rings. The Hall–Kier alpha value is -3.94. The zero-order chi connectivity index (χ0) is 20.4. The van der Waals surface area contributed by atoms with Crippen molar-refractivity contribution in [1.29, 1.82) is 0 Å². The first-order chi connectivity index (χ1) is 14.0. The number of anilines is 2. The van der Waals surface area contributed by atoms with Gasteiger partial charge in [-0.3, -0.25) is 4.98 Å². The van der Waals surface area contributed by atoms with E-state index in [1.165, 1.54) is 25.4 Å². The van der Waals surface area contributed by atoms with Crippen LogP contribution in [-0.2, 0) is 0 Å². The monoisotopic (exact) mass is 392 g/mol. The van der Waals surface area contributed by atoms with Crippen molar-refractivity contribution in [2.24, 2.45) is 0 Å². The number of nitrogens with zero attached hydrogens (tertiary/aromatic N) is 4. The number of hydrogen-bond acceptors (Lipinski definition) is 7. The summed E-state index contributed by atoms with van der Waals surface area (Å²) in [6.45, 7) is 0.